The first-order chi connectivity index (χ1) is 20.1. The van der Waals surface area contributed by atoms with Crippen molar-refractivity contribution in [3.8, 4) is 17.2 Å². The summed E-state index contributed by atoms with van der Waals surface area (Å²) in [5, 5.41) is 11.8. The van der Waals surface area contributed by atoms with Gasteiger partial charge in [0.05, 0.1) is 18.2 Å². The number of aliphatic hydroxyl groups is 1. The molecule has 1 heterocycles. The molecule has 0 saturated carbocycles. The summed E-state index contributed by atoms with van der Waals surface area (Å²) in [6, 6.07) is 28.6. The monoisotopic (exact) mass is 561 g/mol. The summed E-state index contributed by atoms with van der Waals surface area (Å²) in [6.45, 7) is 10.5. The fourth-order valence-corrected chi connectivity index (χ4v) is 5.27. The molecule has 214 valence electrons. The molecule has 0 aromatic heterocycles. The zero-order valence-corrected chi connectivity index (χ0v) is 24.5. The lowest BCUT2D eigenvalue weighted by molar-refractivity contribution is -0.132. The second-order valence-corrected chi connectivity index (χ2v) is 11.4. The van der Waals surface area contributed by atoms with Gasteiger partial charge in [-0.05, 0) is 85.0 Å². The molecular weight excluding hydrogens is 526 g/mol. The van der Waals surface area contributed by atoms with Crippen LogP contribution in [0.2, 0.25) is 0 Å². The van der Waals surface area contributed by atoms with Crippen LogP contribution in [-0.4, -0.2) is 23.4 Å². The third-order valence-electron chi connectivity index (χ3n) is 7.24. The third kappa shape index (κ3) is 5.66. The minimum Gasteiger partial charge on any atom is -0.507 e. The smallest absolute Gasteiger partial charge is 0.300 e. The molecule has 0 radical (unpaired) electrons. The first-order valence-electron chi connectivity index (χ1n) is 14.1. The van der Waals surface area contributed by atoms with Gasteiger partial charge in [0, 0.05) is 16.8 Å². The molecule has 4 aromatic rings. The van der Waals surface area contributed by atoms with E-state index in [-0.39, 0.29) is 16.7 Å². The van der Waals surface area contributed by atoms with Gasteiger partial charge in [-0.25, -0.2) is 0 Å². The number of para-hydroxylation sites is 1. The number of carbonyl (C=O) groups excluding carboxylic acids is 2. The summed E-state index contributed by atoms with van der Waals surface area (Å²) >= 11 is 0. The average Bonchev–Trinajstić information content (AvgIpc) is 3.23. The SMILES string of the molecule is CCOc1ccc(/C(O)=C2\C(=O)C(=O)N(c3cccc(C)c3)C2c2cccc(Oc3ccccc3)c2)cc1C(C)(C)C. The number of ether oxygens (including phenoxy) is 2. The average molecular weight is 562 g/mol. The highest BCUT2D eigenvalue weighted by molar-refractivity contribution is 6.51. The van der Waals surface area contributed by atoms with E-state index in [9.17, 15) is 14.7 Å². The second-order valence-electron chi connectivity index (χ2n) is 11.4. The van der Waals surface area contributed by atoms with Crippen LogP contribution in [0.5, 0.6) is 17.2 Å². The Labute approximate surface area is 246 Å². The molecule has 0 bridgehead atoms. The van der Waals surface area contributed by atoms with Gasteiger partial charge in [-0.3, -0.25) is 14.5 Å². The summed E-state index contributed by atoms with van der Waals surface area (Å²) in [4.78, 5) is 28.9. The Morgan fingerprint density at radius 1 is 0.857 bits per heavy atom. The molecular formula is C36H35NO5. The molecule has 1 aliphatic heterocycles. The number of ketones is 1. The number of rotatable bonds is 7. The first-order valence-corrected chi connectivity index (χ1v) is 14.1. The molecule has 1 fully saturated rings. The van der Waals surface area contributed by atoms with Crippen molar-refractivity contribution in [2.24, 2.45) is 0 Å². The van der Waals surface area contributed by atoms with E-state index in [1.807, 2.05) is 86.6 Å². The highest BCUT2D eigenvalue weighted by Crippen LogP contribution is 2.44. The van der Waals surface area contributed by atoms with Gasteiger partial charge in [0.1, 0.15) is 23.0 Å². The third-order valence-corrected chi connectivity index (χ3v) is 7.24. The zero-order chi connectivity index (χ0) is 30.0. The van der Waals surface area contributed by atoms with Gasteiger partial charge >= 0.3 is 0 Å². The van der Waals surface area contributed by atoms with Crippen molar-refractivity contribution in [3.63, 3.8) is 0 Å². The van der Waals surface area contributed by atoms with Crippen LogP contribution in [0.25, 0.3) is 5.76 Å². The van der Waals surface area contributed by atoms with Crippen LogP contribution in [0, 0.1) is 6.92 Å². The molecule has 1 amide bonds. The quantitative estimate of drug-likeness (QED) is 0.140. The van der Waals surface area contributed by atoms with Crippen LogP contribution in [-0.2, 0) is 15.0 Å². The van der Waals surface area contributed by atoms with Crippen LogP contribution in [0.4, 0.5) is 5.69 Å². The lowest BCUT2D eigenvalue weighted by Crippen LogP contribution is -2.29. The number of amides is 1. The molecule has 42 heavy (non-hydrogen) atoms. The van der Waals surface area contributed by atoms with Crippen molar-refractivity contribution in [2.45, 2.75) is 46.1 Å². The maximum atomic E-state index is 13.7. The van der Waals surface area contributed by atoms with Crippen molar-refractivity contribution >= 4 is 23.1 Å². The topological polar surface area (TPSA) is 76.1 Å². The van der Waals surface area contributed by atoms with Crippen LogP contribution in [0.1, 0.15) is 56.0 Å². The van der Waals surface area contributed by atoms with E-state index in [1.165, 1.54) is 4.90 Å². The summed E-state index contributed by atoms with van der Waals surface area (Å²) in [5.74, 6) is 0.222. The number of anilines is 1. The Morgan fingerprint density at radius 3 is 2.26 bits per heavy atom. The molecule has 1 unspecified atom stereocenters. The largest absolute Gasteiger partial charge is 0.507 e. The van der Waals surface area contributed by atoms with Crippen molar-refractivity contribution in [1.82, 2.24) is 0 Å². The summed E-state index contributed by atoms with van der Waals surface area (Å²) in [5.41, 5.74) is 3.18. The Bertz CT molecular complexity index is 1670. The van der Waals surface area contributed by atoms with Crippen molar-refractivity contribution in [1.29, 1.82) is 0 Å². The van der Waals surface area contributed by atoms with Crippen LogP contribution >= 0.6 is 0 Å². The zero-order valence-electron chi connectivity index (χ0n) is 24.5. The van der Waals surface area contributed by atoms with Gasteiger partial charge in [0.2, 0.25) is 0 Å². The molecule has 4 aromatic carbocycles. The van der Waals surface area contributed by atoms with E-state index >= 15 is 0 Å². The van der Waals surface area contributed by atoms with E-state index in [0.29, 0.717) is 40.7 Å². The van der Waals surface area contributed by atoms with Crippen LogP contribution < -0.4 is 14.4 Å². The fraction of sp³-hybridized carbons (Fsp3) is 0.222. The lowest BCUT2D eigenvalue weighted by Gasteiger charge is -2.26. The minimum absolute atomic E-state index is 0.0161. The highest BCUT2D eigenvalue weighted by Gasteiger charge is 2.47. The van der Waals surface area contributed by atoms with Gasteiger partial charge in [0.15, 0.2) is 0 Å². The Morgan fingerprint density at radius 2 is 1.57 bits per heavy atom. The standard InChI is InChI=1S/C36H35NO5/c1-6-41-30-19-18-25(22-29(30)36(3,4)5)33(38)31-32(37(35(40)34(31)39)26-14-10-12-23(2)20-26)24-13-11-17-28(21-24)42-27-15-8-7-9-16-27/h7-22,32,38H,6H2,1-5H3/b33-31+. The van der Waals surface area contributed by atoms with E-state index < -0.39 is 17.7 Å². The van der Waals surface area contributed by atoms with E-state index in [2.05, 4.69) is 20.8 Å². The predicted molar refractivity (Wildman–Crippen MR) is 165 cm³/mol. The Balaban J connectivity index is 1.69. The second kappa shape index (κ2) is 11.6. The van der Waals surface area contributed by atoms with Gasteiger partial charge in [-0.1, -0.05) is 63.2 Å². The molecule has 0 aliphatic carbocycles. The molecule has 1 aliphatic rings. The maximum Gasteiger partial charge on any atom is 0.300 e. The lowest BCUT2D eigenvalue weighted by atomic mass is 9.84. The molecule has 1 atom stereocenters. The molecule has 6 nitrogen and oxygen atoms in total. The van der Waals surface area contributed by atoms with Crippen molar-refractivity contribution in [2.75, 3.05) is 11.5 Å². The number of nitrogens with zero attached hydrogens (tertiary/aromatic N) is 1. The van der Waals surface area contributed by atoms with E-state index in [4.69, 9.17) is 9.47 Å². The number of carbonyl (C=O) groups is 2. The van der Waals surface area contributed by atoms with Crippen molar-refractivity contribution in [3.05, 3.63) is 125 Å². The molecule has 6 heteroatoms. The molecule has 0 spiro atoms. The van der Waals surface area contributed by atoms with Gasteiger partial charge < -0.3 is 14.6 Å². The molecule has 5 rings (SSSR count). The number of benzene rings is 4. The number of hydrogen-bond donors (Lipinski definition) is 1. The van der Waals surface area contributed by atoms with Crippen molar-refractivity contribution < 1.29 is 24.2 Å². The van der Waals surface area contributed by atoms with Gasteiger partial charge in [0.25, 0.3) is 11.7 Å². The molecule has 1 N–H and O–H groups in total. The predicted octanol–water partition coefficient (Wildman–Crippen LogP) is 8.11. The summed E-state index contributed by atoms with van der Waals surface area (Å²) in [7, 11) is 0. The minimum atomic E-state index is -0.879. The Kier molecular flexibility index (Phi) is 7.90. The van der Waals surface area contributed by atoms with E-state index in [0.717, 1.165) is 11.1 Å². The number of aliphatic hydroxyl groups excluding tert-OH is 1. The molecule has 1 saturated heterocycles. The summed E-state index contributed by atoms with van der Waals surface area (Å²) < 4.78 is 11.9. The van der Waals surface area contributed by atoms with Gasteiger partial charge in [-0.2, -0.15) is 0 Å². The normalized spacial score (nSPS) is 16.5. The number of hydrogen-bond acceptors (Lipinski definition) is 5. The first kappa shape index (κ1) is 28.7. The van der Waals surface area contributed by atoms with Crippen LogP contribution in [0.3, 0.4) is 0 Å². The summed E-state index contributed by atoms with van der Waals surface area (Å²) in [6.07, 6.45) is 0. The van der Waals surface area contributed by atoms with Gasteiger partial charge in [-0.15, -0.1) is 0 Å². The van der Waals surface area contributed by atoms with E-state index in [1.54, 1.807) is 24.3 Å². The highest BCUT2D eigenvalue weighted by atomic mass is 16.5. The maximum absolute atomic E-state index is 13.7. The fourth-order valence-electron chi connectivity index (χ4n) is 5.27. The van der Waals surface area contributed by atoms with Crippen LogP contribution in [0.15, 0.2) is 103 Å². The number of Topliss-reactive ketones (excluding diaryl/α,β-unsaturated/α-hetero) is 1. The Hall–Kier alpha value is -4.84. The number of aryl methyl sites for hydroxylation is 1.